The molecule has 0 saturated carbocycles. The summed E-state index contributed by atoms with van der Waals surface area (Å²) in [7, 11) is 6.20. The summed E-state index contributed by atoms with van der Waals surface area (Å²) in [5.74, 6) is -0.350. The van der Waals surface area contributed by atoms with E-state index >= 15 is 0 Å². The molecular formula is C42H80ClNO4. The largest absolute Gasteiger partial charge is 1.00 e. The van der Waals surface area contributed by atoms with Crippen LogP contribution in [-0.2, 0) is 19.1 Å². The molecule has 0 N–H and O–H groups in total. The van der Waals surface area contributed by atoms with Gasteiger partial charge in [-0.25, -0.2) is 0 Å². The number of carbonyl (C=O) groups excluding carboxylic acids is 2. The number of likely N-dealkylation sites (N-methyl/N-ethyl adjacent to an activating group) is 1. The lowest BCUT2D eigenvalue weighted by Gasteiger charge is -2.28. The second-order valence-corrected chi connectivity index (χ2v) is 14.9. The Hall–Kier alpha value is -1.33. The van der Waals surface area contributed by atoms with Gasteiger partial charge in [0.2, 0.25) is 0 Å². The Balaban J connectivity index is 0. The van der Waals surface area contributed by atoms with Gasteiger partial charge in [0.25, 0.3) is 0 Å². The molecule has 0 amide bonds. The lowest BCUT2D eigenvalue weighted by molar-refractivity contribution is -0.873. The van der Waals surface area contributed by atoms with E-state index in [9.17, 15) is 9.59 Å². The third-order valence-corrected chi connectivity index (χ3v) is 8.77. The minimum Gasteiger partial charge on any atom is -1.00 e. The zero-order valence-corrected chi connectivity index (χ0v) is 33.3. The standard InChI is InChI=1S/C42H80NO4.ClH/c1-6-8-10-12-14-16-18-20-22-24-26-28-30-32-34-36-41(44)46-39-40(38-43(3,4)5)47-42(45)37-35-33-31-29-27-25-23-21-19-17-15-13-11-9-7-2;/h20-23,40H,6-19,24-39H2,1-5H3;1H/q+1;/p-1/b22-20-,23-21-;/t40-;/m0./s1. The quantitative estimate of drug-likeness (QED) is 0.0287. The van der Waals surface area contributed by atoms with Crippen LogP contribution in [0.1, 0.15) is 194 Å². The van der Waals surface area contributed by atoms with Crippen molar-refractivity contribution >= 4 is 11.9 Å². The Morgan fingerprint density at radius 1 is 0.500 bits per heavy atom. The fraction of sp³-hybridized carbons (Fsp3) is 0.857. The third kappa shape index (κ3) is 39.1. The van der Waals surface area contributed by atoms with Crippen molar-refractivity contribution in [2.45, 2.75) is 200 Å². The van der Waals surface area contributed by atoms with Crippen molar-refractivity contribution < 1.29 is 36.0 Å². The van der Waals surface area contributed by atoms with E-state index in [0.29, 0.717) is 23.9 Å². The molecule has 0 aliphatic heterocycles. The monoisotopic (exact) mass is 698 g/mol. The van der Waals surface area contributed by atoms with E-state index in [1.54, 1.807) is 0 Å². The molecule has 1 atom stereocenters. The average Bonchev–Trinajstić information content (AvgIpc) is 3.03. The maximum Gasteiger partial charge on any atom is 0.306 e. The number of carbonyl (C=O) groups is 2. The van der Waals surface area contributed by atoms with Crippen molar-refractivity contribution in [1.82, 2.24) is 0 Å². The lowest BCUT2D eigenvalue weighted by Crippen LogP contribution is -3.00. The summed E-state index contributed by atoms with van der Waals surface area (Å²) in [4.78, 5) is 24.9. The fourth-order valence-corrected chi connectivity index (χ4v) is 5.92. The average molecular weight is 699 g/mol. The Kier molecular flexibility index (Phi) is 37.5. The van der Waals surface area contributed by atoms with Gasteiger partial charge < -0.3 is 26.4 Å². The van der Waals surface area contributed by atoms with Gasteiger partial charge in [-0.2, -0.15) is 0 Å². The zero-order chi connectivity index (χ0) is 34.7. The lowest BCUT2D eigenvalue weighted by atomic mass is 10.1. The van der Waals surface area contributed by atoms with Crippen molar-refractivity contribution in [3.05, 3.63) is 24.3 Å². The summed E-state index contributed by atoms with van der Waals surface area (Å²) in [5.41, 5.74) is 0. The van der Waals surface area contributed by atoms with Crippen LogP contribution in [-0.4, -0.2) is 56.8 Å². The van der Waals surface area contributed by atoms with Crippen molar-refractivity contribution in [2.75, 3.05) is 34.3 Å². The fourth-order valence-electron chi connectivity index (χ4n) is 5.92. The molecule has 0 radical (unpaired) electrons. The van der Waals surface area contributed by atoms with Crippen molar-refractivity contribution in [1.29, 1.82) is 0 Å². The second kappa shape index (κ2) is 36.9. The van der Waals surface area contributed by atoms with Crippen LogP contribution >= 0.6 is 0 Å². The molecule has 0 fully saturated rings. The number of esters is 2. The Morgan fingerprint density at radius 2 is 0.833 bits per heavy atom. The van der Waals surface area contributed by atoms with Gasteiger partial charge in [-0.3, -0.25) is 9.59 Å². The maximum atomic E-state index is 12.6. The van der Waals surface area contributed by atoms with Crippen LogP contribution in [0.2, 0.25) is 0 Å². The summed E-state index contributed by atoms with van der Waals surface area (Å²) in [6.07, 6.45) is 42.1. The molecule has 0 bridgehead atoms. The number of ether oxygens (including phenoxy) is 2. The van der Waals surface area contributed by atoms with E-state index < -0.39 is 6.10 Å². The van der Waals surface area contributed by atoms with Gasteiger partial charge in [0.15, 0.2) is 6.10 Å². The minimum absolute atomic E-state index is 0. The molecule has 0 heterocycles. The maximum absolute atomic E-state index is 12.6. The predicted molar refractivity (Wildman–Crippen MR) is 203 cm³/mol. The van der Waals surface area contributed by atoms with E-state index in [2.05, 4.69) is 59.3 Å². The number of nitrogens with zero attached hydrogens (tertiary/aromatic N) is 1. The second-order valence-electron chi connectivity index (χ2n) is 14.9. The first kappa shape index (κ1) is 48.8. The SMILES string of the molecule is CCCCCCCC/C=C\CCCCCCCC(=O)OC[C@H](C[N+](C)(C)C)OC(=O)CCCCCCC/C=C\CCCCCCCC.[Cl-]. The number of hydrogen-bond donors (Lipinski definition) is 0. The highest BCUT2D eigenvalue weighted by atomic mass is 35.5. The van der Waals surface area contributed by atoms with Crippen LogP contribution in [0, 0.1) is 0 Å². The van der Waals surface area contributed by atoms with Gasteiger partial charge in [0.05, 0.1) is 21.1 Å². The number of quaternary nitrogens is 1. The molecule has 0 saturated heterocycles. The van der Waals surface area contributed by atoms with Crippen molar-refractivity contribution in [3.8, 4) is 0 Å². The highest BCUT2D eigenvalue weighted by Gasteiger charge is 2.23. The van der Waals surface area contributed by atoms with Gasteiger partial charge in [-0.1, -0.05) is 141 Å². The van der Waals surface area contributed by atoms with Gasteiger partial charge in [0, 0.05) is 12.8 Å². The molecule has 5 nitrogen and oxygen atoms in total. The van der Waals surface area contributed by atoms with Crippen LogP contribution in [0.4, 0.5) is 0 Å². The van der Waals surface area contributed by atoms with Gasteiger partial charge in [-0.15, -0.1) is 0 Å². The summed E-state index contributed by atoms with van der Waals surface area (Å²) in [5, 5.41) is 0. The Bertz CT molecular complexity index is 761. The van der Waals surface area contributed by atoms with Gasteiger partial charge in [0.1, 0.15) is 13.2 Å². The summed E-state index contributed by atoms with van der Waals surface area (Å²) >= 11 is 0. The number of rotatable bonds is 35. The molecule has 0 aromatic heterocycles. The molecule has 284 valence electrons. The van der Waals surface area contributed by atoms with E-state index in [0.717, 1.165) is 38.5 Å². The molecule has 0 aromatic carbocycles. The first-order valence-electron chi connectivity index (χ1n) is 20.2. The molecule has 0 aliphatic carbocycles. The Labute approximate surface area is 305 Å². The molecule has 48 heavy (non-hydrogen) atoms. The Morgan fingerprint density at radius 3 is 1.21 bits per heavy atom. The van der Waals surface area contributed by atoms with E-state index in [1.165, 1.54) is 128 Å². The first-order chi connectivity index (χ1) is 22.8. The summed E-state index contributed by atoms with van der Waals surface area (Å²) in [6.45, 7) is 5.31. The highest BCUT2D eigenvalue weighted by Crippen LogP contribution is 2.13. The van der Waals surface area contributed by atoms with E-state index in [1.807, 2.05) is 0 Å². The summed E-state index contributed by atoms with van der Waals surface area (Å²) in [6, 6.07) is 0. The molecule has 0 rings (SSSR count). The number of unbranched alkanes of at least 4 members (excludes halogenated alkanes) is 22. The van der Waals surface area contributed by atoms with Crippen molar-refractivity contribution in [3.63, 3.8) is 0 Å². The van der Waals surface area contributed by atoms with Crippen LogP contribution in [0.25, 0.3) is 0 Å². The number of hydrogen-bond acceptors (Lipinski definition) is 4. The normalized spacial score (nSPS) is 12.4. The van der Waals surface area contributed by atoms with Crippen LogP contribution in [0.5, 0.6) is 0 Å². The van der Waals surface area contributed by atoms with Crippen LogP contribution in [0.3, 0.4) is 0 Å². The molecule has 0 aliphatic rings. The molecule has 0 unspecified atom stereocenters. The predicted octanol–water partition coefficient (Wildman–Crippen LogP) is 9.23. The van der Waals surface area contributed by atoms with E-state index in [-0.39, 0.29) is 31.0 Å². The van der Waals surface area contributed by atoms with E-state index in [4.69, 9.17) is 9.47 Å². The highest BCUT2D eigenvalue weighted by molar-refractivity contribution is 5.70. The molecule has 0 aromatic rings. The molecule has 6 heteroatoms. The topological polar surface area (TPSA) is 52.6 Å². The number of halogens is 1. The van der Waals surface area contributed by atoms with Crippen LogP contribution in [0.15, 0.2) is 24.3 Å². The number of allylic oxidation sites excluding steroid dienone is 4. The third-order valence-electron chi connectivity index (χ3n) is 8.77. The molecular weight excluding hydrogens is 618 g/mol. The summed E-state index contributed by atoms with van der Waals surface area (Å²) < 4.78 is 12.0. The van der Waals surface area contributed by atoms with Crippen molar-refractivity contribution in [2.24, 2.45) is 0 Å². The smallest absolute Gasteiger partial charge is 0.306 e. The van der Waals surface area contributed by atoms with Crippen LogP contribution < -0.4 is 12.4 Å². The minimum atomic E-state index is -0.399. The first-order valence-corrected chi connectivity index (χ1v) is 20.2. The molecule has 0 spiro atoms. The van der Waals surface area contributed by atoms with Gasteiger partial charge >= 0.3 is 11.9 Å². The zero-order valence-electron chi connectivity index (χ0n) is 32.6. The van der Waals surface area contributed by atoms with Gasteiger partial charge in [-0.05, 0) is 64.2 Å².